The Morgan fingerprint density at radius 2 is 2.05 bits per heavy atom. The highest BCUT2D eigenvalue weighted by Gasteiger charge is 2.43. The molecule has 1 aliphatic rings. The third kappa shape index (κ3) is 3.93. The quantitative estimate of drug-likeness (QED) is 0.615. The highest BCUT2D eigenvalue weighted by atomic mass is 16.4. The summed E-state index contributed by atoms with van der Waals surface area (Å²) in [6.45, 7) is 4.62. The molecule has 1 fully saturated rings. The van der Waals surface area contributed by atoms with Gasteiger partial charge in [-0.25, -0.2) is 4.79 Å². The van der Waals surface area contributed by atoms with E-state index >= 15 is 0 Å². The van der Waals surface area contributed by atoms with E-state index in [2.05, 4.69) is 10.6 Å². The second-order valence-electron chi connectivity index (χ2n) is 5.53. The summed E-state index contributed by atoms with van der Waals surface area (Å²) in [5, 5.41) is 13.7. The number of amides is 4. The Balaban J connectivity index is 2.71. The Labute approximate surface area is 122 Å². The summed E-state index contributed by atoms with van der Waals surface area (Å²) in [6.07, 6.45) is 1.13. The molecule has 1 heterocycles. The van der Waals surface area contributed by atoms with Crippen molar-refractivity contribution in [2.24, 2.45) is 5.92 Å². The number of hydrogen-bond donors (Lipinski definition) is 3. The molecule has 21 heavy (non-hydrogen) atoms. The van der Waals surface area contributed by atoms with E-state index in [1.54, 1.807) is 0 Å². The van der Waals surface area contributed by atoms with Gasteiger partial charge in [0, 0.05) is 6.54 Å². The van der Waals surface area contributed by atoms with Crippen molar-refractivity contribution in [2.75, 3.05) is 13.1 Å². The van der Waals surface area contributed by atoms with Crippen LogP contribution in [-0.4, -0.2) is 52.4 Å². The van der Waals surface area contributed by atoms with Gasteiger partial charge >= 0.3 is 12.0 Å². The first kappa shape index (κ1) is 16.9. The van der Waals surface area contributed by atoms with Crippen molar-refractivity contribution in [1.29, 1.82) is 0 Å². The van der Waals surface area contributed by atoms with Crippen molar-refractivity contribution in [3.8, 4) is 0 Å². The minimum absolute atomic E-state index is 0.0373. The van der Waals surface area contributed by atoms with Crippen molar-refractivity contribution in [2.45, 2.75) is 39.2 Å². The van der Waals surface area contributed by atoms with Crippen LogP contribution < -0.4 is 10.6 Å². The van der Waals surface area contributed by atoms with Crippen LogP contribution in [0.15, 0.2) is 0 Å². The third-order valence-corrected chi connectivity index (χ3v) is 3.52. The predicted molar refractivity (Wildman–Crippen MR) is 73.4 cm³/mol. The maximum absolute atomic E-state index is 12.1. The molecule has 0 saturated carbocycles. The first-order chi connectivity index (χ1) is 9.70. The number of carboxylic acids is 1. The van der Waals surface area contributed by atoms with Crippen LogP contribution in [0.3, 0.4) is 0 Å². The number of hydrogen-bond acceptors (Lipinski definition) is 4. The minimum Gasteiger partial charge on any atom is -0.481 e. The van der Waals surface area contributed by atoms with Crippen molar-refractivity contribution < 1.29 is 24.3 Å². The molecule has 1 saturated heterocycles. The number of aliphatic carboxylic acids is 1. The van der Waals surface area contributed by atoms with E-state index in [0.717, 1.165) is 4.90 Å². The zero-order chi connectivity index (χ0) is 16.2. The summed E-state index contributed by atoms with van der Waals surface area (Å²) >= 11 is 0. The van der Waals surface area contributed by atoms with Crippen LogP contribution in [0.2, 0.25) is 0 Å². The van der Waals surface area contributed by atoms with Gasteiger partial charge in [-0.1, -0.05) is 13.3 Å². The number of carbonyl (C=O) groups excluding carboxylic acids is 3. The Morgan fingerprint density at radius 3 is 2.57 bits per heavy atom. The van der Waals surface area contributed by atoms with E-state index in [4.69, 9.17) is 5.11 Å². The van der Waals surface area contributed by atoms with Crippen LogP contribution in [0.5, 0.6) is 0 Å². The summed E-state index contributed by atoms with van der Waals surface area (Å²) in [7, 11) is 0. The zero-order valence-corrected chi connectivity index (χ0v) is 12.4. The van der Waals surface area contributed by atoms with Gasteiger partial charge in [0.2, 0.25) is 5.91 Å². The van der Waals surface area contributed by atoms with Gasteiger partial charge in [0.05, 0.1) is 5.92 Å². The molecule has 3 N–H and O–H groups in total. The maximum atomic E-state index is 12.1. The number of imide groups is 1. The highest BCUT2D eigenvalue weighted by molar-refractivity contribution is 6.06. The van der Waals surface area contributed by atoms with E-state index < -0.39 is 35.3 Å². The standard InChI is InChI=1S/C13H21N3O5/c1-4-5-8(10(18)19)6-14-12(21)16-7-9(17)15-11(20)13(16,2)3/h8H,4-7H2,1-3H3,(H,14,21)(H,18,19)(H,15,17,20). The zero-order valence-electron chi connectivity index (χ0n) is 12.4. The Morgan fingerprint density at radius 1 is 1.43 bits per heavy atom. The first-order valence-corrected chi connectivity index (χ1v) is 6.82. The van der Waals surface area contributed by atoms with E-state index in [1.165, 1.54) is 13.8 Å². The molecule has 1 aliphatic heterocycles. The molecule has 8 nitrogen and oxygen atoms in total. The van der Waals surface area contributed by atoms with Crippen molar-refractivity contribution in [3.63, 3.8) is 0 Å². The SMILES string of the molecule is CCCC(CNC(=O)N1CC(=O)NC(=O)C1(C)C)C(=O)O. The van der Waals surface area contributed by atoms with Crippen LogP contribution in [0, 0.1) is 5.92 Å². The molecule has 8 heteroatoms. The van der Waals surface area contributed by atoms with Gasteiger partial charge in [0.1, 0.15) is 12.1 Å². The molecule has 4 amide bonds. The van der Waals surface area contributed by atoms with Gasteiger partial charge < -0.3 is 15.3 Å². The van der Waals surface area contributed by atoms with E-state index in [9.17, 15) is 19.2 Å². The maximum Gasteiger partial charge on any atom is 0.318 e. The number of carboxylic acid groups (broad SMARTS) is 1. The summed E-state index contributed by atoms with van der Waals surface area (Å²) in [6, 6.07) is -0.620. The van der Waals surface area contributed by atoms with Crippen LogP contribution in [0.4, 0.5) is 4.79 Å². The molecular weight excluding hydrogens is 278 g/mol. The number of nitrogens with zero attached hydrogens (tertiary/aromatic N) is 1. The number of urea groups is 1. The van der Waals surface area contributed by atoms with E-state index in [-0.39, 0.29) is 13.1 Å². The fraction of sp³-hybridized carbons (Fsp3) is 0.692. The fourth-order valence-electron chi connectivity index (χ4n) is 2.08. The van der Waals surface area contributed by atoms with Crippen LogP contribution in [0.25, 0.3) is 0 Å². The van der Waals surface area contributed by atoms with Crippen LogP contribution in [0.1, 0.15) is 33.6 Å². The van der Waals surface area contributed by atoms with Gasteiger partial charge in [-0.2, -0.15) is 0 Å². The van der Waals surface area contributed by atoms with Gasteiger partial charge in [-0.05, 0) is 20.3 Å². The lowest BCUT2D eigenvalue weighted by atomic mass is 9.99. The first-order valence-electron chi connectivity index (χ1n) is 6.82. The van der Waals surface area contributed by atoms with Crippen molar-refractivity contribution >= 4 is 23.8 Å². The molecule has 0 aromatic rings. The normalized spacial score (nSPS) is 18.9. The van der Waals surface area contributed by atoms with Crippen molar-refractivity contribution in [1.82, 2.24) is 15.5 Å². The molecule has 0 aromatic carbocycles. The Kier molecular flexibility index (Phi) is 5.28. The van der Waals surface area contributed by atoms with Crippen LogP contribution in [-0.2, 0) is 14.4 Å². The number of piperazine rings is 1. The molecule has 0 aromatic heterocycles. The molecule has 118 valence electrons. The van der Waals surface area contributed by atoms with Crippen LogP contribution >= 0.6 is 0 Å². The lowest BCUT2D eigenvalue weighted by Gasteiger charge is -2.40. The number of rotatable bonds is 5. The smallest absolute Gasteiger partial charge is 0.318 e. The average Bonchev–Trinajstić information content (AvgIpc) is 2.38. The lowest BCUT2D eigenvalue weighted by molar-refractivity contribution is -0.144. The topological polar surface area (TPSA) is 116 Å². The average molecular weight is 299 g/mol. The molecule has 0 aliphatic carbocycles. The molecular formula is C13H21N3O5. The van der Waals surface area contributed by atoms with Gasteiger partial charge in [-0.15, -0.1) is 0 Å². The second-order valence-corrected chi connectivity index (χ2v) is 5.53. The molecule has 1 atom stereocenters. The number of nitrogens with one attached hydrogen (secondary N) is 2. The van der Waals surface area contributed by atoms with Gasteiger partial charge in [0.25, 0.3) is 5.91 Å². The monoisotopic (exact) mass is 299 g/mol. The minimum atomic E-state index is -1.17. The Bertz CT molecular complexity index is 461. The molecule has 1 rings (SSSR count). The summed E-state index contributed by atoms with van der Waals surface area (Å²) in [4.78, 5) is 47.4. The molecule has 1 unspecified atom stereocenters. The van der Waals surface area contributed by atoms with Crippen molar-refractivity contribution in [3.05, 3.63) is 0 Å². The Hall–Kier alpha value is -2.12. The molecule has 0 spiro atoms. The third-order valence-electron chi connectivity index (χ3n) is 3.52. The lowest BCUT2D eigenvalue weighted by Crippen LogP contribution is -2.67. The second kappa shape index (κ2) is 6.55. The summed E-state index contributed by atoms with van der Waals surface area (Å²) < 4.78 is 0. The largest absolute Gasteiger partial charge is 0.481 e. The fourth-order valence-corrected chi connectivity index (χ4v) is 2.08. The predicted octanol–water partition coefficient (Wildman–Crippen LogP) is -0.0661. The number of carbonyl (C=O) groups is 4. The summed E-state index contributed by atoms with van der Waals surface area (Å²) in [5.41, 5.74) is -1.17. The van der Waals surface area contributed by atoms with Gasteiger partial charge in [-0.3, -0.25) is 19.7 Å². The van der Waals surface area contributed by atoms with E-state index in [1.807, 2.05) is 6.92 Å². The molecule has 0 radical (unpaired) electrons. The molecule has 0 bridgehead atoms. The van der Waals surface area contributed by atoms with Gasteiger partial charge in [0.15, 0.2) is 0 Å². The summed E-state index contributed by atoms with van der Waals surface area (Å²) in [5.74, 6) is -2.78. The highest BCUT2D eigenvalue weighted by Crippen LogP contribution is 2.18. The van der Waals surface area contributed by atoms with E-state index in [0.29, 0.717) is 12.8 Å².